The highest BCUT2D eigenvalue weighted by Crippen LogP contribution is 2.20. The van der Waals surface area contributed by atoms with Gasteiger partial charge in [0.2, 0.25) is 0 Å². The van der Waals surface area contributed by atoms with Crippen molar-refractivity contribution in [3.63, 3.8) is 0 Å². The zero-order chi connectivity index (χ0) is 16.1. The Kier molecular flexibility index (Phi) is 5.40. The molecule has 1 aromatic carbocycles. The van der Waals surface area contributed by atoms with E-state index in [1.165, 1.54) is 6.42 Å². The van der Waals surface area contributed by atoms with Crippen LogP contribution in [0.2, 0.25) is 0 Å². The number of amides is 1. The van der Waals surface area contributed by atoms with Crippen LogP contribution in [0.5, 0.6) is 5.75 Å². The Morgan fingerprint density at radius 2 is 1.91 bits per heavy atom. The number of nitrogens with zero attached hydrogens (tertiary/aromatic N) is 2. The van der Waals surface area contributed by atoms with E-state index in [4.69, 9.17) is 10.00 Å². The zero-order valence-corrected chi connectivity index (χ0v) is 13.4. The first kappa shape index (κ1) is 16.3. The van der Waals surface area contributed by atoms with Crippen LogP contribution >= 0.6 is 0 Å². The first-order chi connectivity index (χ1) is 10.5. The number of carbonyl (C=O) groups excluding carboxylic acids is 1. The maximum atomic E-state index is 12.3. The predicted molar refractivity (Wildman–Crippen MR) is 84.0 cm³/mol. The molecule has 1 aliphatic heterocycles. The summed E-state index contributed by atoms with van der Waals surface area (Å²) in [5.41, 5.74) is 3.55. The van der Waals surface area contributed by atoms with Crippen LogP contribution in [0.4, 0.5) is 0 Å². The van der Waals surface area contributed by atoms with Crippen LogP contribution in [0, 0.1) is 11.3 Å². The van der Waals surface area contributed by atoms with E-state index in [0.29, 0.717) is 23.4 Å². The van der Waals surface area contributed by atoms with Crippen molar-refractivity contribution >= 4 is 5.91 Å². The SMILES string of the molecule is C[C@@H](Oc1ccc(C#N)cc1)C(=O)NN1[C@@H](C)CCC[C@@H]1C. The van der Waals surface area contributed by atoms with Crippen LogP contribution in [0.15, 0.2) is 24.3 Å². The number of carbonyl (C=O) groups is 1. The van der Waals surface area contributed by atoms with E-state index in [1.54, 1.807) is 31.2 Å². The third-order valence-electron chi connectivity index (χ3n) is 4.10. The second kappa shape index (κ2) is 7.28. The molecule has 5 nitrogen and oxygen atoms in total. The number of nitriles is 1. The number of benzene rings is 1. The summed E-state index contributed by atoms with van der Waals surface area (Å²) >= 11 is 0. The fourth-order valence-electron chi connectivity index (χ4n) is 2.73. The third-order valence-corrected chi connectivity index (χ3v) is 4.10. The summed E-state index contributed by atoms with van der Waals surface area (Å²) in [6.45, 7) is 5.98. The molecule has 1 aromatic rings. The average Bonchev–Trinajstić information content (AvgIpc) is 2.51. The van der Waals surface area contributed by atoms with Gasteiger partial charge in [-0.3, -0.25) is 10.2 Å². The minimum atomic E-state index is -0.589. The largest absolute Gasteiger partial charge is 0.481 e. The molecule has 1 fully saturated rings. The molecule has 0 spiro atoms. The fourth-order valence-corrected chi connectivity index (χ4v) is 2.73. The molecule has 0 unspecified atom stereocenters. The molecular weight excluding hydrogens is 278 g/mol. The number of nitrogens with one attached hydrogen (secondary N) is 1. The summed E-state index contributed by atoms with van der Waals surface area (Å²) in [6.07, 6.45) is 2.80. The maximum Gasteiger partial charge on any atom is 0.275 e. The highest BCUT2D eigenvalue weighted by atomic mass is 16.5. The summed E-state index contributed by atoms with van der Waals surface area (Å²) in [5.74, 6) is 0.436. The van der Waals surface area contributed by atoms with Gasteiger partial charge in [0.05, 0.1) is 11.6 Å². The van der Waals surface area contributed by atoms with Crippen molar-refractivity contribution in [3.05, 3.63) is 29.8 Å². The van der Waals surface area contributed by atoms with Gasteiger partial charge >= 0.3 is 0 Å². The molecule has 5 heteroatoms. The van der Waals surface area contributed by atoms with Crippen molar-refractivity contribution in [2.75, 3.05) is 0 Å². The number of hydrogen-bond donors (Lipinski definition) is 1. The van der Waals surface area contributed by atoms with E-state index >= 15 is 0 Å². The number of ether oxygens (including phenoxy) is 1. The molecular formula is C17H23N3O2. The standard InChI is InChI=1S/C17H23N3O2/c1-12-5-4-6-13(2)20(12)19-17(21)14(3)22-16-9-7-15(11-18)8-10-16/h7-10,12-14H,4-6H2,1-3H3,(H,19,21)/t12-,13-,14+/m0/s1. The Morgan fingerprint density at radius 1 is 1.32 bits per heavy atom. The van der Waals surface area contributed by atoms with Gasteiger partial charge < -0.3 is 4.74 Å². The Hall–Kier alpha value is -2.06. The summed E-state index contributed by atoms with van der Waals surface area (Å²) in [4.78, 5) is 12.3. The zero-order valence-electron chi connectivity index (χ0n) is 13.4. The van der Waals surface area contributed by atoms with E-state index in [2.05, 4.69) is 25.3 Å². The predicted octanol–water partition coefficient (Wildman–Crippen LogP) is 2.62. The Bertz CT molecular complexity index is 540. The molecule has 1 aliphatic rings. The van der Waals surface area contributed by atoms with E-state index in [0.717, 1.165) is 12.8 Å². The fraction of sp³-hybridized carbons (Fsp3) is 0.529. The molecule has 118 valence electrons. The lowest BCUT2D eigenvalue weighted by atomic mass is 10.00. The molecule has 0 bridgehead atoms. The van der Waals surface area contributed by atoms with Gasteiger partial charge in [-0.2, -0.15) is 5.26 Å². The Labute approximate surface area is 131 Å². The number of rotatable bonds is 4. The molecule has 0 saturated carbocycles. The topological polar surface area (TPSA) is 65.4 Å². The first-order valence-electron chi connectivity index (χ1n) is 7.77. The van der Waals surface area contributed by atoms with E-state index in [-0.39, 0.29) is 5.91 Å². The van der Waals surface area contributed by atoms with Gasteiger partial charge in [-0.15, -0.1) is 0 Å². The van der Waals surface area contributed by atoms with E-state index < -0.39 is 6.10 Å². The van der Waals surface area contributed by atoms with Crippen molar-refractivity contribution in [3.8, 4) is 11.8 Å². The average molecular weight is 301 g/mol. The van der Waals surface area contributed by atoms with E-state index in [1.807, 2.05) is 5.01 Å². The number of hydrazine groups is 1. The van der Waals surface area contributed by atoms with Gasteiger partial charge in [0.1, 0.15) is 5.75 Å². The van der Waals surface area contributed by atoms with E-state index in [9.17, 15) is 4.79 Å². The first-order valence-corrected chi connectivity index (χ1v) is 7.77. The van der Waals surface area contributed by atoms with Crippen molar-refractivity contribution in [2.45, 2.75) is 58.2 Å². The second-order valence-corrected chi connectivity index (χ2v) is 5.91. The molecule has 3 atom stereocenters. The van der Waals surface area contributed by atoms with Crippen molar-refractivity contribution in [1.29, 1.82) is 5.26 Å². The van der Waals surface area contributed by atoms with Crippen LogP contribution in [0.3, 0.4) is 0 Å². The lowest BCUT2D eigenvalue weighted by Crippen LogP contribution is -2.56. The minimum Gasteiger partial charge on any atom is -0.481 e. The summed E-state index contributed by atoms with van der Waals surface area (Å²) in [7, 11) is 0. The highest BCUT2D eigenvalue weighted by Gasteiger charge is 2.28. The summed E-state index contributed by atoms with van der Waals surface area (Å²) < 4.78 is 5.64. The molecule has 2 rings (SSSR count). The second-order valence-electron chi connectivity index (χ2n) is 5.91. The van der Waals surface area contributed by atoms with Crippen molar-refractivity contribution < 1.29 is 9.53 Å². The summed E-state index contributed by atoms with van der Waals surface area (Å²) in [5, 5.41) is 10.8. The molecule has 1 saturated heterocycles. The van der Waals surface area contributed by atoms with Gasteiger partial charge in [0, 0.05) is 12.1 Å². The van der Waals surface area contributed by atoms with Gasteiger partial charge in [-0.1, -0.05) is 6.42 Å². The Morgan fingerprint density at radius 3 is 2.45 bits per heavy atom. The van der Waals surface area contributed by atoms with Gasteiger partial charge in [0.15, 0.2) is 6.10 Å². The number of hydrogen-bond acceptors (Lipinski definition) is 4. The molecule has 22 heavy (non-hydrogen) atoms. The quantitative estimate of drug-likeness (QED) is 0.928. The smallest absolute Gasteiger partial charge is 0.275 e. The van der Waals surface area contributed by atoms with Crippen LogP contribution in [-0.4, -0.2) is 29.1 Å². The van der Waals surface area contributed by atoms with Gasteiger partial charge in [-0.05, 0) is 57.9 Å². The van der Waals surface area contributed by atoms with Crippen molar-refractivity contribution in [2.24, 2.45) is 0 Å². The van der Waals surface area contributed by atoms with Gasteiger partial charge in [0.25, 0.3) is 5.91 Å². The Balaban J connectivity index is 1.92. The van der Waals surface area contributed by atoms with Crippen LogP contribution in [-0.2, 0) is 4.79 Å². The maximum absolute atomic E-state index is 12.3. The lowest BCUT2D eigenvalue weighted by Gasteiger charge is -2.39. The number of piperidine rings is 1. The molecule has 1 heterocycles. The monoisotopic (exact) mass is 301 g/mol. The van der Waals surface area contributed by atoms with Crippen molar-refractivity contribution in [1.82, 2.24) is 10.4 Å². The normalized spacial score (nSPS) is 23.4. The molecule has 1 amide bonds. The minimum absolute atomic E-state index is 0.148. The highest BCUT2D eigenvalue weighted by molar-refractivity contribution is 5.80. The molecule has 0 radical (unpaired) electrons. The molecule has 1 N–H and O–H groups in total. The summed E-state index contributed by atoms with van der Waals surface area (Å²) in [6, 6.07) is 9.49. The van der Waals surface area contributed by atoms with Crippen LogP contribution < -0.4 is 10.2 Å². The van der Waals surface area contributed by atoms with Crippen LogP contribution in [0.25, 0.3) is 0 Å². The van der Waals surface area contributed by atoms with Gasteiger partial charge in [-0.25, -0.2) is 5.01 Å². The third kappa shape index (κ3) is 3.99. The lowest BCUT2D eigenvalue weighted by molar-refractivity contribution is -0.135. The molecule has 0 aliphatic carbocycles. The van der Waals surface area contributed by atoms with Crippen LogP contribution in [0.1, 0.15) is 45.6 Å². The molecule has 0 aromatic heterocycles.